The number of anilines is 1. The second kappa shape index (κ2) is 9.72. The number of aromatic nitrogens is 1. The number of halogens is 2. The molecule has 0 saturated heterocycles. The van der Waals surface area contributed by atoms with E-state index in [4.69, 9.17) is 4.74 Å². The quantitative estimate of drug-likeness (QED) is 0.301. The molecule has 4 aromatic rings. The minimum Gasteiger partial charge on any atom is -0.465 e. The van der Waals surface area contributed by atoms with Gasteiger partial charge in [-0.2, -0.15) is 0 Å². The number of nitrogens with one attached hydrogen (secondary N) is 1. The Morgan fingerprint density at radius 3 is 2.47 bits per heavy atom. The first-order valence-corrected chi connectivity index (χ1v) is 13.3. The van der Waals surface area contributed by atoms with Gasteiger partial charge in [0.1, 0.15) is 22.7 Å². The Kier molecular flexibility index (Phi) is 6.23. The van der Waals surface area contributed by atoms with Gasteiger partial charge in [-0.05, 0) is 85.3 Å². The number of benzene rings is 2. The van der Waals surface area contributed by atoms with Crippen LogP contribution in [0.2, 0.25) is 0 Å². The van der Waals surface area contributed by atoms with Gasteiger partial charge in [-0.1, -0.05) is 0 Å². The molecular formula is C29H25F2N3O3S. The highest BCUT2D eigenvalue weighted by Crippen LogP contribution is 2.44. The Hall–Kier alpha value is -3.98. The Bertz CT molecular complexity index is 1520. The number of esters is 1. The van der Waals surface area contributed by atoms with Crippen molar-refractivity contribution in [1.29, 1.82) is 0 Å². The Balaban J connectivity index is 1.45. The number of nitrogens with zero attached hydrogens (tertiary/aromatic N) is 2. The maximum absolute atomic E-state index is 14.4. The van der Waals surface area contributed by atoms with Gasteiger partial charge in [-0.3, -0.25) is 0 Å². The Morgan fingerprint density at radius 1 is 1.00 bits per heavy atom. The second-order valence-corrected chi connectivity index (χ2v) is 10.6. The molecule has 194 valence electrons. The predicted molar refractivity (Wildman–Crippen MR) is 141 cm³/mol. The summed E-state index contributed by atoms with van der Waals surface area (Å²) >= 11 is 1.74. The first-order chi connectivity index (χ1) is 18.4. The zero-order chi connectivity index (χ0) is 26.4. The monoisotopic (exact) mass is 533 g/mol. The average molecular weight is 534 g/mol. The fraction of sp³-hybridized carbons (Fsp3) is 0.241. The summed E-state index contributed by atoms with van der Waals surface area (Å²) < 4.78 is 35.6. The van der Waals surface area contributed by atoms with Crippen LogP contribution in [-0.4, -0.2) is 28.6 Å². The van der Waals surface area contributed by atoms with E-state index in [1.165, 1.54) is 29.7 Å². The van der Waals surface area contributed by atoms with E-state index in [2.05, 4.69) is 9.88 Å². The molecule has 1 atom stereocenters. The zero-order valence-electron chi connectivity index (χ0n) is 20.7. The van der Waals surface area contributed by atoms with E-state index in [1.807, 2.05) is 18.3 Å². The van der Waals surface area contributed by atoms with Crippen molar-refractivity contribution in [2.24, 2.45) is 0 Å². The van der Waals surface area contributed by atoms with Gasteiger partial charge < -0.3 is 19.5 Å². The van der Waals surface area contributed by atoms with Crippen molar-refractivity contribution in [2.45, 2.75) is 38.3 Å². The van der Waals surface area contributed by atoms with Crippen LogP contribution < -0.4 is 5.32 Å². The first-order valence-electron chi connectivity index (χ1n) is 12.5. The number of aryl methyl sites for hydroxylation is 1. The van der Waals surface area contributed by atoms with Crippen molar-refractivity contribution < 1.29 is 23.1 Å². The number of carbonyl (C=O) groups excluding carboxylic acids is 2. The van der Waals surface area contributed by atoms with Gasteiger partial charge in [-0.15, -0.1) is 11.3 Å². The highest BCUT2D eigenvalue weighted by atomic mass is 32.1. The summed E-state index contributed by atoms with van der Waals surface area (Å²) in [5.41, 5.74) is 4.31. The molecule has 0 saturated carbocycles. The number of carbonyl (C=O) groups is 2. The van der Waals surface area contributed by atoms with Crippen molar-refractivity contribution in [1.82, 2.24) is 9.47 Å². The summed E-state index contributed by atoms with van der Waals surface area (Å²) in [6.07, 6.45) is 6.14. The number of hydrogen-bond acceptors (Lipinski definition) is 4. The minimum atomic E-state index is -0.733. The lowest BCUT2D eigenvalue weighted by atomic mass is 9.95. The lowest BCUT2D eigenvalue weighted by Crippen LogP contribution is -2.38. The summed E-state index contributed by atoms with van der Waals surface area (Å²) in [7, 11) is 1.31. The first kappa shape index (κ1) is 24.4. The van der Waals surface area contributed by atoms with Crippen molar-refractivity contribution in [3.63, 3.8) is 0 Å². The number of amides is 2. The van der Waals surface area contributed by atoms with Gasteiger partial charge >= 0.3 is 12.0 Å². The normalized spacial score (nSPS) is 16.2. The molecule has 38 heavy (non-hydrogen) atoms. The van der Waals surface area contributed by atoms with Crippen LogP contribution >= 0.6 is 11.3 Å². The van der Waals surface area contributed by atoms with E-state index in [0.717, 1.165) is 48.0 Å². The van der Waals surface area contributed by atoms with Gasteiger partial charge in [0.05, 0.1) is 24.9 Å². The van der Waals surface area contributed by atoms with E-state index in [-0.39, 0.29) is 6.54 Å². The maximum Gasteiger partial charge on any atom is 0.337 e. The molecule has 0 spiro atoms. The van der Waals surface area contributed by atoms with Crippen molar-refractivity contribution in [3.05, 3.63) is 105 Å². The van der Waals surface area contributed by atoms with Crippen LogP contribution in [0.1, 0.15) is 56.5 Å². The lowest BCUT2D eigenvalue weighted by Gasteiger charge is -2.31. The molecule has 1 N–H and O–H groups in total. The number of urea groups is 1. The molecule has 2 amide bonds. The molecule has 0 fully saturated rings. The second-order valence-electron chi connectivity index (χ2n) is 9.53. The standard InChI is InChI=1S/C29H25F2N3O3S/c1-37-28(35)17-8-10-21(11-9-17)32-29(36)34-16-23-22-5-2-3-7-25(22)38-27(23)33-12-4-6-24(33)26(34)18-13-19(30)15-20(31)14-18/h4,6,8-15,26H,2-3,5,7,16H2,1H3,(H,32,36)/t26-/m0/s1. The number of hydrogen-bond donors (Lipinski definition) is 1. The van der Waals surface area contributed by atoms with Crippen LogP contribution in [-0.2, 0) is 24.1 Å². The molecule has 0 bridgehead atoms. The van der Waals surface area contributed by atoms with E-state index in [9.17, 15) is 18.4 Å². The van der Waals surface area contributed by atoms with Crippen molar-refractivity contribution >= 4 is 29.0 Å². The number of fused-ring (bicyclic) bond motifs is 5. The molecule has 2 aliphatic rings. The van der Waals surface area contributed by atoms with E-state index in [1.54, 1.807) is 40.5 Å². The molecule has 0 unspecified atom stereocenters. The van der Waals surface area contributed by atoms with Gasteiger partial charge in [-0.25, -0.2) is 18.4 Å². The lowest BCUT2D eigenvalue weighted by molar-refractivity contribution is 0.0600. The van der Waals surface area contributed by atoms with Gasteiger partial charge in [0, 0.05) is 28.4 Å². The van der Waals surface area contributed by atoms with E-state index in [0.29, 0.717) is 16.8 Å². The molecule has 1 aliphatic heterocycles. The van der Waals surface area contributed by atoms with Gasteiger partial charge in [0.15, 0.2) is 0 Å². The van der Waals surface area contributed by atoms with Crippen LogP contribution in [0.3, 0.4) is 0 Å². The fourth-order valence-corrected chi connectivity index (χ4v) is 6.88. The van der Waals surface area contributed by atoms with Crippen LogP contribution in [0, 0.1) is 11.6 Å². The molecule has 0 radical (unpaired) electrons. The Morgan fingerprint density at radius 2 is 1.74 bits per heavy atom. The van der Waals surface area contributed by atoms with Crippen LogP contribution in [0.15, 0.2) is 60.8 Å². The summed E-state index contributed by atoms with van der Waals surface area (Å²) in [5.74, 6) is -1.87. The molecular weight excluding hydrogens is 508 g/mol. The molecule has 6 rings (SSSR count). The Labute approximate surface area is 222 Å². The molecule has 2 aromatic heterocycles. The number of methoxy groups -OCH3 is 1. The average Bonchev–Trinajstić information content (AvgIpc) is 3.50. The predicted octanol–water partition coefficient (Wildman–Crippen LogP) is 6.62. The number of rotatable bonds is 3. The smallest absolute Gasteiger partial charge is 0.337 e. The van der Waals surface area contributed by atoms with E-state index < -0.39 is 29.7 Å². The SMILES string of the molecule is COC(=O)c1ccc(NC(=O)N2Cc3c(sc4c3CCCC4)-n3cccc3[C@@H]2c2cc(F)cc(F)c2)cc1. The highest BCUT2D eigenvalue weighted by Gasteiger charge is 2.36. The zero-order valence-corrected chi connectivity index (χ0v) is 21.5. The third-order valence-corrected chi connectivity index (χ3v) is 8.53. The topological polar surface area (TPSA) is 63.6 Å². The van der Waals surface area contributed by atoms with Gasteiger partial charge in [0.2, 0.25) is 0 Å². The fourth-order valence-electron chi connectivity index (χ4n) is 5.47. The molecule has 9 heteroatoms. The third-order valence-electron chi connectivity index (χ3n) is 7.20. The van der Waals surface area contributed by atoms with Crippen LogP contribution in [0.4, 0.5) is 19.3 Å². The molecule has 3 heterocycles. The van der Waals surface area contributed by atoms with Gasteiger partial charge in [0.25, 0.3) is 0 Å². The molecule has 6 nitrogen and oxygen atoms in total. The van der Waals surface area contributed by atoms with Crippen molar-refractivity contribution in [2.75, 3.05) is 12.4 Å². The van der Waals surface area contributed by atoms with Crippen LogP contribution in [0.25, 0.3) is 5.00 Å². The van der Waals surface area contributed by atoms with Crippen LogP contribution in [0.5, 0.6) is 0 Å². The molecule has 1 aliphatic carbocycles. The number of thiophene rings is 1. The number of ether oxygens (including phenoxy) is 1. The maximum atomic E-state index is 14.4. The minimum absolute atomic E-state index is 0.289. The summed E-state index contributed by atoms with van der Waals surface area (Å²) in [6, 6.07) is 12.4. The summed E-state index contributed by atoms with van der Waals surface area (Å²) in [5, 5.41) is 3.97. The van der Waals surface area contributed by atoms with E-state index >= 15 is 0 Å². The largest absolute Gasteiger partial charge is 0.465 e. The summed E-state index contributed by atoms with van der Waals surface area (Å²) in [6.45, 7) is 0.289. The summed E-state index contributed by atoms with van der Waals surface area (Å²) in [4.78, 5) is 28.7. The van der Waals surface area contributed by atoms with Crippen molar-refractivity contribution in [3.8, 4) is 5.00 Å². The molecule has 2 aromatic carbocycles. The highest BCUT2D eigenvalue weighted by molar-refractivity contribution is 7.15. The third kappa shape index (κ3) is 4.26.